The van der Waals surface area contributed by atoms with Crippen LogP contribution in [0.25, 0.3) is 0 Å². The Morgan fingerprint density at radius 2 is 1.71 bits per heavy atom. The van der Waals surface area contributed by atoms with Gasteiger partial charge in [-0.1, -0.05) is 37.3 Å². The molecule has 0 aromatic heterocycles. The van der Waals surface area contributed by atoms with Gasteiger partial charge in [-0.25, -0.2) is 4.79 Å². The second-order valence-electron chi connectivity index (χ2n) is 10.7. The van der Waals surface area contributed by atoms with Crippen LogP contribution in [0.4, 0.5) is 4.79 Å². The van der Waals surface area contributed by atoms with Gasteiger partial charge in [0, 0.05) is 38.1 Å². The van der Waals surface area contributed by atoms with E-state index in [0.717, 1.165) is 32.2 Å². The van der Waals surface area contributed by atoms with Gasteiger partial charge in [0.1, 0.15) is 0 Å². The summed E-state index contributed by atoms with van der Waals surface area (Å²) < 4.78 is 11.8. The predicted molar refractivity (Wildman–Crippen MR) is 121 cm³/mol. The molecule has 6 nitrogen and oxygen atoms in total. The van der Waals surface area contributed by atoms with E-state index in [2.05, 4.69) is 31.7 Å². The number of amides is 1. The molecule has 3 saturated heterocycles. The van der Waals surface area contributed by atoms with E-state index in [1.54, 1.807) is 0 Å². The zero-order chi connectivity index (χ0) is 22.1. The summed E-state index contributed by atoms with van der Waals surface area (Å²) in [5, 5.41) is 8.80. The minimum Gasteiger partial charge on any atom is -0.465 e. The van der Waals surface area contributed by atoms with Gasteiger partial charge in [0.25, 0.3) is 0 Å². The van der Waals surface area contributed by atoms with Crippen molar-refractivity contribution < 1.29 is 19.4 Å². The maximum absolute atomic E-state index is 10.7. The van der Waals surface area contributed by atoms with E-state index < -0.39 is 6.09 Å². The molecule has 6 heteroatoms. The van der Waals surface area contributed by atoms with Crippen LogP contribution in [0.1, 0.15) is 78.6 Å². The average molecular weight is 435 g/mol. The first-order chi connectivity index (χ1) is 14.8. The fourth-order valence-corrected chi connectivity index (χ4v) is 6.21. The molecule has 5 fully saturated rings. The Morgan fingerprint density at radius 3 is 2.29 bits per heavy atom. The lowest BCUT2D eigenvalue weighted by molar-refractivity contribution is 0.0862. The van der Waals surface area contributed by atoms with E-state index in [1.807, 2.05) is 0 Å². The number of carbonyl (C=O) groups is 1. The molecule has 0 unspecified atom stereocenters. The van der Waals surface area contributed by atoms with E-state index in [0.29, 0.717) is 25.1 Å². The van der Waals surface area contributed by atoms with Crippen molar-refractivity contribution in [2.45, 2.75) is 102 Å². The van der Waals surface area contributed by atoms with Gasteiger partial charge in [0.05, 0.1) is 23.9 Å². The number of allylic oxidation sites excluding steroid dienone is 1. The van der Waals surface area contributed by atoms with Crippen LogP contribution in [0.5, 0.6) is 0 Å². The summed E-state index contributed by atoms with van der Waals surface area (Å²) in [4.78, 5) is 14.7. The molecule has 1 spiro atoms. The largest absolute Gasteiger partial charge is 0.465 e. The molecule has 3 heterocycles. The molecule has 0 radical (unpaired) electrons. The fraction of sp³-hybridized carbons (Fsp3) is 0.880. The van der Waals surface area contributed by atoms with Crippen LogP contribution in [0.3, 0.4) is 0 Å². The smallest absolute Gasteiger partial charge is 0.407 e. The standard InChI is InChI=1S/C15H24O2.C10H18N2O2/c1-11(2)7-8-13-14(3,17-13)12-6-4-5-9-15(12)10-16-15;13-10(14)12-7-5-11(6-8-12)9-3-1-2-4-9/h7,12-13H,4-6,8-10H2,1-3H3;9H,1-8H2,(H,13,14)/t12-,13-,14-,15+;/m1./s1. The SMILES string of the molecule is CC(C)=CC[C@H]1O[C@]1(C)[C@H]1CCCC[C@]12CO2.O=C(O)N1CCN(C2CCCC2)CC1. The Balaban J connectivity index is 0.000000152. The summed E-state index contributed by atoms with van der Waals surface area (Å²) in [5.74, 6) is 0.638. The van der Waals surface area contributed by atoms with Crippen LogP contribution < -0.4 is 0 Å². The Labute approximate surface area is 187 Å². The van der Waals surface area contributed by atoms with Gasteiger partial charge in [-0.15, -0.1) is 0 Å². The van der Waals surface area contributed by atoms with Crippen molar-refractivity contribution in [3.63, 3.8) is 0 Å². The second kappa shape index (κ2) is 9.40. The van der Waals surface area contributed by atoms with E-state index in [1.165, 1.54) is 61.8 Å². The summed E-state index contributed by atoms with van der Waals surface area (Å²) in [7, 11) is 0. The van der Waals surface area contributed by atoms with Crippen molar-refractivity contribution in [2.24, 2.45) is 5.92 Å². The highest BCUT2D eigenvalue weighted by Gasteiger charge is 2.67. The lowest BCUT2D eigenvalue weighted by Crippen LogP contribution is -2.51. The van der Waals surface area contributed by atoms with Crippen molar-refractivity contribution in [3.05, 3.63) is 11.6 Å². The molecule has 0 aromatic rings. The van der Waals surface area contributed by atoms with Gasteiger partial charge in [-0.05, 0) is 52.9 Å². The molecular weight excluding hydrogens is 392 g/mol. The zero-order valence-electron chi connectivity index (χ0n) is 19.8. The topological polar surface area (TPSA) is 68.8 Å². The van der Waals surface area contributed by atoms with Crippen LogP contribution >= 0.6 is 0 Å². The lowest BCUT2D eigenvalue weighted by atomic mass is 9.71. The quantitative estimate of drug-likeness (QED) is 0.514. The molecule has 31 heavy (non-hydrogen) atoms. The third-order valence-electron chi connectivity index (χ3n) is 8.33. The minimum atomic E-state index is -0.768. The van der Waals surface area contributed by atoms with Gasteiger partial charge in [-0.2, -0.15) is 0 Å². The van der Waals surface area contributed by atoms with Gasteiger partial charge in [0.15, 0.2) is 0 Å². The monoisotopic (exact) mass is 434 g/mol. The average Bonchev–Trinajstić information content (AvgIpc) is 3.58. The van der Waals surface area contributed by atoms with Crippen molar-refractivity contribution in [2.75, 3.05) is 32.8 Å². The number of hydrogen-bond acceptors (Lipinski definition) is 4. The molecule has 3 aliphatic heterocycles. The maximum Gasteiger partial charge on any atom is 0.407 e. The summed E-state index contributed by atoms with van der Waals surface area (Å²) in [6, 6.07) is 0.742. The highest BCUT2D eigenvalue weighted by atomic mass is 16.6. The van der Waals surface area contributed by atoms with E-state index in [4.69, 9.17) is 14.6 Å². The Bertz CT molecular complexity index is 658. The van der Waals surface area contributed by atoms with Crippen molar-refractivity contribution >= 4 is 6.09 Å². The molecule has 2 aliphatic carbocycles. The van der Waals surface area contributed by atoms with Crippen LogP contribution in [-0.4, -0.2) is 77.1 Å². The van der Waals surface area contributed by atoms with Crippen molar-refractivity contribution in [1.82, 2.24) is 9.80 Å². The molecular formula is C25H42N2O4. The lowest BCUT2D eigenvalue weighted by Gasteiger charge is -2.36. The van der Waals surface area contributed by atoms with E-state index in [-0.39, 0.29) is 11.2 Å². The van der Waals surface area contributed by atoms with E-state index >= 15 is 0 Å². The van der Waals surface area contributed by atoms with Gasteiger partial charge >= 0.3 is 6.09 Å². The van der Waals surface area contributed by atoms with Crippen molar-refractivity contribution in [3.8, 4) is 0 Å². The van der Waals surface area contributed by atoms with Crippen LogP contribution in [0.2, 0.25) is 0 Å². The Hall–Kier alpha value is -1.11. The third-order valence-corrected chi connectivity index (χ3v) is 8.33. The first kappa shape index (κ1) is 23.1. The molecule has 4 atom stereocenters. The number of hydrogen-bond donors (Lipinski definition) is 1. The number of piperazine rings is 1. The first-order valence-corrected chi connectivity index (χ1v) is 12.5. The Morgan fingerprint density at radius 1 is 1.06 bits per heavy atom. The molecule has 1 N–H and O–H groups in total. The molecule has 0 aromatic carbocycles. The molecule has 176 valence electrons. The summed E-state index contributed by atoms with van der Waals surface area (Å²) in [5.41, 5.74) is 1.71. The molecule has 0 bridgehead atoms. The van der Waals surface area contributed by atoms with Crippen LogP contribution in [0.15, 0.2) is 11.6 Å². The van der Waals surface area contributed by atoms with Gasteiger partial charge < -0.3 is 19.5 Å². The first-order valence-electron chi connectivity index (χ1n) is 12.5. The molecule has 1 amide bonds. The molecule has 5 rings (SSSR count). The third kappa shape index (κ3) is 5.28. The van der Waals surface area contributed by atoms with E-state index in [9.17, 15) is 4.79 Å². The highest BCUT2D eigenvalue weighted by molar-refractivity contribution is 5.65. The zero-order valence-corrected chi connectivity index (χ0v) is 19.8. The Kier molecular flexibility index (Phi) is 6.99. The van der Waals surface area contributed by atoms with Crippen LogP contribution in [-0.2, 0) is 9.47 Å². The maximum atomic E-state index is 10.7. The number of rotatable bonds is 4. The normalized spacial score (nSPS) is 37.8. The minimum absolute atomic E-state index is 0.100. The number of nitrogens with zero attached hydrogens (tertiary/aromatic N) is 2. The second-order valence-corrected chi connectivity index (χ2v) is 10.7. The fourth-order valence-electron chi connectivity index (χ4n) is 6.21. The summed E-state index contributed by atoms with van der Waals surface area (Å²) >= 11 is 0. The number of epoxide rings is 2. The molecule has 5 aliphatic rings. The van der Waals surface area contributed by atoms with Crippen molar-refractivity contribution in [1.29, 1.82) is 0 Å². The van der Waals surface area contributed by atoms with Crippen LogP contribution in [0, 0.1) is 5.92 Å². The predicted octanol–water partition coefficient (Wildman–Crippen LogP) is 4.68. The van der Waals surface area contributed by atoms with Gasteiger partial charge in [-0.3, -0.25) is 4.90 Å². The molecule has 2 saturated carbocycles. The summed E-state index contributed by atoms with van der Waals surface area (Å²) in [6.07, 6.45) is 13.6. The highest BCUT2D eigenvalue weighted by Crippen LogP contribution is 2.58. The number of carboxylic acid groups (broad SMARTS) is 1. The number of ether oxygens (including phenoxy) is 2. The summed E-state index contributed by atoms with van der Waals surface area (Å²) in [6.45, 7) is 10.8. The van der Waals surface area contributed by atoms with Gasteiger partial charge in [0.2, 0.25) is 0 Å².